The van der Waals surface area contributed by atoms with Gasteiger partial charge in [0.2, 0.25) is 0 Å². The molecule has 0 atom stereocenters. The summed E-state index contributed by atoms with van der Waals surface area (Å²) in [5.74, 6) is -2.72. The zero-order valence-corrected chi connectivity index (χ0v) is 12.2. The van der Waals surface area contributed by atoms with E-state index in [0.29, 0.717) is 6.07 Å². The highest BCUT2D eigenvalue weighted by Crippen LogP contribution is 2.20. The van der Waals surface area contributed by atoms with Gasteiger partial charge in [0.1, 0.15) is 17.7 Å². The number of rotatable bonds is 5. The average molecular weight is 311 g/mol. The lowest BCUT2D eigenvalue weighted by Gasteiger charge is -2.21. The second kappa shape index (κ2) is 7.87. The Morgan fingerprint density at radius 1 is 1.18 bits per heavy atom. The Bertz CT molecular complexity index is 542. The predicted molar refractivity (Wildman–Crippen MR) is 76.3 cm³/mol. The molecule has 4 nitrogen and oxygen atoms in total. The van der Waals surface area contributed by atoms with Crippen LogP contribution < -0.4 is 5.32 Å². The number of carbonyl (C=O) groups excluding carboxylic acids is 2. The van der Waals surface area contributed by atoms with Crippen molar-refractivity contribution in [3.05, 3.63) is 35.4 Å². The molecule has 2 rings (SSSR count). The third-order valence-corrected chi connectivity index (χ3v) is 3.64. The Balaban J connectivity index is 1.73. The van der Waals surface area contributed by atoms with Gasteiger partial charge in [0.05, 0.1) is 12.0 Å². The van der Waals surface area contributed by atoms with Gasteiger partial charge in [-0.05, 0) is 37.8 Å². The fourth-order valence-electron chi connectivity index (χ4n) is 2.47. The summed E-state index contributed by atoms with van der Waals surface area (Å²) < 4.78 is 31.5. The van der Waals surface area contributed by atoms with Crippen molar-refractivity contribution in [3.63, 3.8) is 0 Å². The number of esters is 1. The zero-order chi connectivity index (χ0) is 15.9. The maximum Gasteiger partial charge on any atom is 0.307 e. The smallest absolute Gasteiger partial charge is 0.307 e. The molecule has 1 aliphatic carbocycles. The SMILES string of the molecule is O=C(CCNC(=O)c1ccc(F)cc1F)OC1CCCCC1. The van der Waals surface area contributed by atoms with E-state index in [4.69, 9.17) is 4.74 Å². The van der Waals surface area contributed by atoms with Gasteiger partial charge in [0.15, 0.2) is 0 Å². The van der Waals surface area contributed by atoms with E-state index in [0.717, 1.165) is 37.8 Å². The van der Waals surface area contributed by atoms with Crippen molar-refractivity contribution in [2.24, 2.45) is 0 Å². The first-order chi connectivity index (χ1) is 10.6. The van der Waals surface area contributed by atoms with Crippen LogP contribution in [0.5, 0.6) is 0 Å². The van der Waals surface area contributed by atoms with Crippen molar-refractivity contribution in [1.82, 2.24) is 5.32 Å². The van der Waals surface area contributed by atoms with Crippen molar-refractivity contribution < 1.29 is 23.1 Å². The van der Waals surface area contributed by atoms with Crippen LogP contribution in [0.25, 0.3) is 0 Å². The molecule has 0 bridgehead atoms. The molecule has 120 valence electrons. The summed E-state index contributed by atoms with van der Waals surface area (Å²) in [6, 6.07) is 2.72. The lowest BCUT2D eigenvalue weighted by atomic mass is 9.98. The molecular formula is C16H19F2NO3. The van der Waals surface area contributed by atoms with E-state index in [1.165, 1.54) is 6.42 Å². The fourth-order valence-corrected chi connectivity index (χ4v) is 2.47. The quantitative estimate of drug-likeness (QED) is 0.851. The number of amides is 1. The van der Waals surface area contributed by atoms with Crippen LogP contribution in [-0.2, 0) is 9.53 Å². The molecule has 1 N–H and O–H groups in total. The van der Waals surface area contributed by atoms with Gasteiger partial charge < -0.3 is 10.1 Å². The van der Waals surface area contributed by atoms with Crippen LogP contribution in [0.15, 0.2) is 18.2 Å². The number of carbonyl (C=O) groups is 2. The molecule has 1 aliphatic rings. The van der Waals surface area contributed by atoms with E-state index in [1.54, 1.807) is 0 Å². The van der Waals surface area contributed by atoms with E-state index < -0.39 is 17.5 Å². The Kier molecular flexibility index (Phi) is 5.86. The Labute approximate surface area is 127 Å². The fraction of sp³-hybridized carbons (Fsp3) is 0.500. The lowest BCUT2D eigenvalue weighted by Crippen LogP contribution is -2.28. The first kappa shape index (κ1) is 16.4. The summed E-state index contributed by atoms with van der Waals surface area (Å²) >= 11 is 0. The molecule has 0 spiro atoms. The molecule has 0 saturated heterocycles. The molecule has 1 aromatic rings. The van der Waals surface area contributed by atoms with Gasteiger partial charge in [-0.2, -0.15) is 0 Å². The van der Waals surface area contributed by atoms with Gasteiger partial charge in [0.25, 0.3) is 5.91 Å². The Hall–Kier alpha value is -1.98. The predicted octanol–water partition coefficient (Wildman–Crippen LogP) is 2.96. The third-order valence-electron chi connectivity index (χ3n) is 3.64. The highest BCUT2D eigenvalue weighted by molar-refractivity contribution is 5.94. The summed E-state index contributed by atoms with van der Waals surface area (Å²) in [6.45, 7) is 0.0567. The minimum Gasteiger partial charge on any atom is -0.462 e. The third kappa shape index (κ3) is 4.79. The summed E-state index contributed by atoms with van der Waals surface area (Å²) in [5, 5.41) is 2.43. The average Bonchev–Trinajstić information content (AvgIpc) is 2.48. The summed E-state index contributed by atoms with van der Waals surface area (Å²) in [4.78, 5) is 23.4. The van der Waals surface area contributed by atoms with Crippen LogP contribution in [0.1, 0.15) is 48.9 Å². The molecule has 0 aliphatic heterocycles. The topological polar surface area (TPSA) is 55.4 Å². The van der Waals surface area contributed by atoms with Crippen molar-refractivity contribution in [2.75, 3.05) is 6.54 Å². The number of hydrogen-bond acceptors (Lipinski definition) is 3. The molecule has 0 radical (unpaired) electrons. The maximum absolute atomic E-state index is 13.4. The van der Waals surface area contributed by atoms with Gasteiger partial charge in [-0.1, -0.05) is 6.42 Å². The minimum atomic E-state index is -0.928. The van der Waals surface area contributed by atoms with Crippen LogP contribution >= 0.6 is 0 Å². The lowest BCUT2D eigenvalue weighted by molar-refractivity contribution is -0.150. The summed E-state index contributed by atoms with van der Waals surface area (Å²) in [7, 11) is 0. The highest BCUT2D eigenvalue weighted by atomic mass is 19.1. The van der Waals surface area contributed by atoms with E-state index in [9.17, 15) is 18.4 Å². The van der Waals surface area contributed by atoms with Crippen LogP contribution in [0.4, 0.5) is 8.78 Å². The van der Waals surface area contributed by atoms with Gasteiger partial charge in [-0.15, -0.1) is 0 Å². The van der Waals surface area contributed by atoms with Gasteiger partial charge >= 0.3 is 5.97 Å². The van der Waals surface area contributed by atoms with Crippen LogP contribution in [0.3, 0.4) is 0 Å². The minimum absolute atomic E-state index is 0.0218. The molecule has 1 saturated carbocycles. The summed E-state index contributed by atoms with van der Waals surface area (Å²) in [6.07, 6.45) is 5.10. The molecular weight excluding hydrogens is 292 g/mol. The van der Waals surface area contributed by atoms with Crippen LogP contribution in [0.2, 0.25) is 0 Å². The van der Waals surface area contributed by atoms with Crippen molar-refractivity contribution in [2.45, 2.75) is 44.6 Å². The molecule has 0 heterocycles. The number of benzene rings is 1. The normalized spacial score (nSPS) is 15.4. The molecule has 6 heteroatoms. The van der Waals surface area contributed by atoms with Crippen molar-refractivity contribution >= 4 is 11.9 Å². The highest BCUT2D eigenvalue weighted by Gasteiger charge is 2.18. The van der Waals surface area contributed by atoms with Gasteiger partial charge in [-0.3, -0.25) is 9.59 Å². The van der Waals surface area contributed by atoms with Crippen molar-refractivity contribution in [3.8, 4) is 0 Å². The van der Waals surface area contributed by atoms with Gasteiger partial charge in [0, 0.05) is 12.6 Å². The molecule has 0 unspecified atom stereocenters. The van der Waals surface area contributed by atoms with E-state index in [-0.39, 0.29) is 30.6 Å². The second-order valence-electron chi connectivity index (χ2n) is 5.38. The largest absolute Gasteiger partial charge is 0.462 e. The van der Waals surface area contributed by atoms with Crippen molar-refractivity contribution in [1.29, 1.82) is 0 Å². The monoisotopic (exact) mass is 311 g/mol. The van der Waals surface area contributed by atoms with E-state index in [1.807, 2.05) is 0 Å². The molecule has 1 aromatic carbocycles. The molecule has 1 fully saturated rings. The van der Waals surface area contributed by atoms with E-state index >= 15 is 0 Å². The number of nitrogens with one attached hydrogen (secondary N) is 1. The summed E-state index contributed by atoms with van der Waals surface area (Å²) in [5.41, 5.74) is -0.248. The standard InChI is InChI=1S/C16H19F2NO3/c17-11-6-7-13(14(18)10-11)16(21)19-9-8-15(20)22-12-4-2-1-3-5-12/h6-7,10,12H,1-5,8-9H2,(H,19,21). The van der Waals surface area contributed by atoms with Gasteiger partial charge in [-0.25, -0.2) is 8.78 Å². The molecule has 0 aromatic heterocycles. The Morgan fingerprint density at radius 2 is 1.91 bits per heavy atom. The Morgan fingerprint density at radius 3 is 2.59 bits per heavy atom. The van der Waals surface area contributed by atoms with E-state index in [2.05, 4.69) is 5.32 Å². The first-order valence-electron chi connectivity index (χ1n) is 7.49. The second-order valence-corrected chi connectivity index (χ2v) is 5.38. The maximum atomic E-state index is 13.4. The van der Waals surface area contributed by atoms with Crippen LogP contribution in [0, 0.1) is 11.6 Å². The number of ether oxygens (including phenoxy) is 1. The molecule has 1 amide bonds. The molecule has 22 heavy (non-hydrogen) atoms. The first-order valence-corrected chi connectivity index (χ1v) is 7.49. The zero-order valence-electron chi connectivity index (χ0n) is 12.2. The number of halogens is 2. The van der Waals surface area contributed by atoms with Crippen LogP contribution in [-0.4, -0.2) is 24.5 Å². The number of hydrogen-bond donors (Lipinski definition) is 1.